The predicted molar refractivity (Wildman–Crippen MR) is 270 cm³/mol. The Morgan fingerprint density at radius 3 is 1.30 bits per heavy atom. The van der Waals surface area contributed by atoms with Crippen molar-refractivity contribution in [2.45, 2.75) is 13.8 Å². The van der Waals surface area contributed by atoms with Gasteiger partial charge in [0, 0.05) is 47.7 Å². The molecular weight excluding hydrogens is 781 g/mol. The van der Waals surface area contributed by atoms with Crippen molar-refractivity contribution in [1.82, 2.24) is 9.97 Å². The van der Waals surface area contributed by atoms with Crippen molar-refractivity contribution >= 4 is 95.4 Å². The first kappa shape index (κ1) is 37.5. The van der Waals surface area contributed by atoms with Crippen molar-refractivity contribution < 1.29 is 0 Å². The molecule has 0 N–H and O–H groups in total. The standard InChI is InChI=1S/C58H44N6/c1-5-16-38-27-33-47(59-37(38)2)57-42-31-29-41(64-55-25-14-10-21-51(55)62(4)52-22-11-15-26-56(52)64)36-45(42)58(48-34-28-39-17-6-7-18-46(39)60-48)43-32-30-40(35-44(43)57)63-53-23-12-8-19-49(53)61(3)50-20-9-13-24-54(50)63/h5-36H,1-4H3/b16-5-. The van der Waals surface area contributed by atoms with E-state index >= 15 is 0 Å². The first-order chi connectivity index (χ1) is 31.5. The molecule has 6 nitrogen and oxygen atoms in total. The average Bonchev–Trinajstić information content (AvgIpc) is 3.34. The molecule has 2 aliphatic rings. The molecule has 0 aliphatic carbocycles. The van der Waals surface area contributed by atoms with Gasteiger partial charge in [0.05, 0.1) is 62.4 Å². The van der Waals surface area contributed by atoms with E-state index in [2.05, 4.69) is 242 Å². The molecule has 2 aliphatic heterocycles. The van der Waals surface area contributed by atoms with Crippen LogP contribution in [0, 0.1) is 6.92 Å². The van der Waals surface area contributed by atoms with Crippen LogP contribution >= 0.6 is 0 Å². The minimum absolute atomic E-state index is 0.923. The van der Waals surface area contributed by atoms with Gasteiger partial charge in [-0.15, -0.1) is 0 Å². The van der Waals surface area contributed by atoms with Crippen LogP contribution in [0.2, 0.25) is 0 Å². The van der Waals surface area contributed by atoms with Gasteiger partial charge in [0.15, 0.2) is 0 Å². The summed E-state index contributed by atoms with van der Waals surface area (Å²) in [4.78, 5) is 20.2. The van der Waals surface area contributed by atoms with Gasteiger partial charge in [-0.05, 0) is 132 Å². The van der Waals surface area contributed by atoms with Crippen molar-refractivity contribution in [3.05, 3.63) is 199 Å². The van der Waals surface area contributed by atoms with Crippen LogP contribution in [-0.4, -0.2) is 24.1 Å². The molecule has 6 heteroatoms. The van der Waals surface area contributed by atoms with E-state index < -0.39 is 0 Å². The van der Waals surface area contributed by atoms with Gasteiger partial charge in [-0.3, -0.25) is 4.98 Å². The minimum atomic E-state index is 0.923. The van der Waals surface area contributed by atoms with E-state index in [1.54, 1.807) is 0 Å². The molecule has 0 saturated carbocycles. The highest BCUT2D eigenvalue weighted by Gasteiger charge is 2.30. The summed E-state index contributed by atoms with van der Waals surface area (Å²) in [5, 5.41) is 5.55. The van der Waals surface area contributed by atoms with Crippen LogP contribution in [0.5, 0.6) is 0 Å². The fourth-order valence-corrected chi connectivity index (χ4v) is 10.1. The molecule has 306 valence electrons. The van der Waals surface area contributed by atoms with Gasteiger partial charge in [0.2, 0.25) is 0 Å². The second-order valence-electron chi connectivity index (χ2n) is 16.7. The lowest BCUT2D eigenvalue weighted by molar-refractivity contribution is 1.13. The Morgan fingerprint density at radius 2 is 0.828 bits per heavy atom. The molecule has 0 atom stereocenters. The van der Waals surface area contributed by atoms with E-state index in [4.69, 9.17) is 9.97 Å². The number of aryl methyl sites for hydroxylation is 1. The summed E-state index contributed by atoms with van der Waals surface area (Å²) in [6, 6.07) is 65.8. The van der Waals surface area contributed by atoms with E-state index in [-0.39, 0.29) is 0 Å². The van der Waals surface area contributed by atoms with Gasteiger partial charge in [-0.1, -0.05) is 103 Å². The maximum absolute atomic E-state index is 5.44. The van der Waals surface area contributed by atoms with Gasteiger partial charge in [-0.25, -0.2) is 4.98 Å². The summed E-state index contributed by atoms with van der Waals surface area (Å²) in [5.74, 6) is 0. The number of allylic oxidation sites excluding steroid dienone is 1. The number of anilines is 10. The number of pyridine rings is 2. The van der Waals surface area contributed by atoms with E-state index in [1.165, 1.54) is 0 Å². The van der Waals surface area contributed by atoms with Crippen molar-refractivity contribution in [3.63, 3.8) is 0 Å². The van der Waals surface area contributed by atoms with Crippen molar-refractivity contribution in [2.24, 2.45) is 0 Å². The number of fused-ring (bicyclic) bond motifs is 7. The van der Waals surface area contributed by atoms with Gasteiger partial charge in [0.25, 0.3) is 0 Å². The van der Waals surface area contributed by atoms with E-state index in [0.29, 0.717) is 0 Å². The maximum atomic E-state index is 5.44. The Morgan fingerprint density at radius 1 is 0.406 bits per heavy atom. The number of para-hydroxylation sites is 9. The molecule has 4 heterocycles. The zero-order valence-corrected chi connectivity index (χ0v) is 36.2. The van der Waals surface area contributed by atoms with Crippen LogP contribution in [0.4, 0.5) is 56.9 Å². The van der Waals surface area contributed by atoms with Gasteiger partial charge >= 0.3 is 0 Å². The molecule has 8 aromatic carbocycles. The number of rotatable bonds is 5. The van der Waals surface area contributed by atoms with Gasteiger partial charge in [0.1, 0.15) is 0 Å². The molecule has 0 spiro atoms. The Balaban J connectivity index is 1.20. The summed E-state index contributed by atoms with van der Waals surface area (Å²) in [6.45, 7) is 4.17. The maximum Gasteiger partial charge on any atom is 0.0722 e. The third-order valence-electron chi connectivity index (χ3n) is 13.1. The molecule has 0 radical (unpaired) electrons. The third-order valence-corrected chi connectivity index (χ3v) is 13.1. The van der Waals surface area contributed by atoms with Crippen LogP contribution in [0.3, 0.4) is 0 Å². The Hall–Kier alpha value is -8.22. The van der Waals surface area contributed by atoms with Crippen LogP contribution < -0.4 is 19.6 Å². The number of benzene rings is 8. The van der Waals surface area contributed by atoms with Crippen molar-refractivity contribution in [2.75, 3.05) is 33.7 Å². The third kappa shape index (κ3) is 5.72. The highest BCUT2D eigenvalue weighted by Crippen LogP contribution is 2.54. The fraction of sp³-hybridized carbons (Fsp3) is 0.0690. The average molecular weight is 825 g/mol. The molecule has 64 heavy (non-hydrogen) atoms. The molecule has 0 bridgehead atoms. The first-order valence-electron chi connectivity index (χ1n) is 21.9. The summed E-state index contributed by atoms with van der Waals surface area (Å²) in [6.07, 6.45) is 4.21. The quantitative estimate of drug-likeness (QED) is 0.161. The van der Waals surface area contributed by atoms with Crippen LogP contribution in [0.1, 0.15) is 18.2 Å². The molecule has 10 aromatic rings. The van der Waals surface area contributed by atoms with Crippen LogP contribution in [-0.2, 0) is 0 Å². The fourth-order valence-electron chi connectivity index (χ4n) is 10.1. The molecule has 0 fully saturated rings. The number of aromatic nitrogens is 2. The number of hydrogen-bond acceptors (Lipinski definition) is 6. The monoisotopic (exact) mass is 824 g/mol. The second-order valence-corrected chi connectivity index (χ2v) is 16.7. The lowest BCUT2D eigenvalue weighted by atomic mass is 9.87. The van der Waals surface area contributed by atoms with Crippen LogP contribution in [0.25, 0.3) is 61.0 Å². The lowest BCUT2D eigenvalue weighted by Gasteiger charge is -2.39. The molecule has 0 unspecified atom stereocenters. The Labute approximate surface area is 373 Å². The van der Waals surface area contributed by atoms with Gasteiger partial charge in [-0.2, -0.15) is 0 Å². The normalized spacial score (nSPS) is 13.1. The van der Waals surface area contributed by atoms with Crippen molar-refractivity contribution in [1.29, 1.82) is 0 Å². The van der Waals surface area contributed by atoms with Crippen molar-refractivity contribution in [3.8, 4) is 22.5 Å². The topological polar surface area (TPSA) is 38.7 Å². The molecule has 0 amide bonds. The summed E-state index contributed by atoms with van der Waals surface area (Å²) in [5.41, 5.74) is 18.3. The smallest absolute Gasteiger partial charge is 0.0722 e. The van der Waals surface area contributed by atoms with Crippen LogP contribution in [0.15, 0.2) is 188 Å². The second kappa shape index (κ2) is 14.7. The zero-order valence-electron chi connectivity index (χ0n) is 36.2. The molecule has 12 rings (SSSR count). The lowest BCUT2D eigenvalue weighted by Crippen LogP contribution is -2.24. The number of nitrogens with zero attached hydrogens (tertiary/aromatic N) is 6. The summed E-state index contributed by atoms with van der Waals surface area (Å²) >= 11 is 0. The largest absolute Gasteiger partial charge is 0.341 e. The zero-order chi connectivity index (χ0) is 43.1. The SMILES string of the molecule is C/C=C\c1ccc(-c2c3cc(N4c5ccccc5N(C)c5ccccc54)ccc3c(-c3ccc4ccccc4n3)c3cc(N4c5ccccc5N(C)c5ccccc54)ccc23)nc1C. The van der Waals surface area contributed by atoms with E-state index in [9.17, 15) is 0 Å². The highest BCUT2D eigenvalue weighted by molar-refractivity contribution is 6.22. The molecular formula is C58H44N6. The van der Waals surface area contributed by atoms with E-state index in [0.717, 1.165) is 123 Å². The minimum Gasteiger partial charge on any atom is -0.341 e. The Kier molecular flexibility index (Phi) is 8.63. The molecule has 2 aromatic heterocycles. The van der Waals surface area contributed by atoms with Gasteiger partial charge < -0.3 is 19.6 Å². The predicted octanol–water partition coefficient (Wildman–Crippen LogP) is 15.7. The first-order valence-corrected chi connectivity index (χ1v) is 21.9. The summed E-state index contributed by atoms with van der Waals surface area (Å²) < 4.78 is 0. The number of hydrogen-bond donors (Lipinski definition) is 0. The highest BCUT2D eigenvalue weighted by atomic mass is 15.3. The Bertz CT molecular complexity index is 3460. The van der Waals surface area contributed by atoms with E-state index in [1.807, 2.05) is 0 Å². The summed E-state index contributed by atoms with van der Waals surface area (Å²) in [7, 11) is 4.31. The molecule has 0 saturated heterocycles.